The van der Waals surface area contributed by atoms with E-state index in [1.807, 2.05) is 28.8 Å². The lowest BCUT2D eigenvalue weighted by atomic mass is 9.75. The van der Waals surface area contributed by atoms with Crippen molar-refractivity contribution in [2.75, 3.05) is 20.2 Å². The van der Waals surface area contributed by atoms with Gasteiger partial charge in [0.15, 0.2) is 0 Å². The van der Waals surface area contributed by atoms with Crippen LogP contribution in [0.2, 0.25) is 0 Å². The molecular formula is C25H30N2O3S2. The highest BCUT2D eigenvalue weighted by Crippen LogP contribution is 2.64. The fourth-order valence-electron chi connectivity index (χ4n) is 6.65. The van der Waals surface area contributed by atoms with Gasteiger partial charge in [0.2, 0.25) is 5.91 Å². The number of hydrogen-bond donors (Lipinski definition) is 0. The second kappa shape index (κ2) is 8.24. The van der Waals surface area contributed by atoms with E-state index in [4.69, 9.17) is 4.74 Å². The third kappa shape index (κ3) is 3.35. The summed E-state index contributed by atoms with van der Waals surface area (Å²) in [5, 5.41) is 1.62. The number of amides is 1. The SMILES string of the molecule is COc1ccc(C2c3sc(=O)n(CC(=O)N4CCCCC4)c3SC3C4CCC(C4)C23)cc1. The number of fused-ring (bicyclic) bond motifs is 6. The van der Waals surface area contributed by atoms with E-state index in [1.165, 1.54) is 47.5 Å². The van der Waals surface area contributed by atoms with Gasteiger partial charge in [-0.05, 0) is 74.0 Å². The molecule has 4 aliphatic rings. The van der Waals surface area contributed by atoms with Crippen LogP contribution >= 0.6 is 23.1 Å². The molecule has 0 spiro atoms. The van der Waals surface area contributed by atoms with Crippen molar-refractivity contribution in [2.24, 2.45) is 17.8 Å². The number of carbonyl (C=O) groups excluding carboxylic acids is 1. The summed E-state index contributed by atoms with van der Waals surface area (Å²) in [5.74, 6) is 3.29. The average molecular weight is 471 g/mol. The number of thiazole rings is 1. The van der Waals surface area contributed by atoms with Crippen LogP contribution in [0.1, 0.15) is 54.9 Å². The minimum Gasteiger partial charge on any atom is -0.497 e. The highest BCUT2D eigenvalue weighted by atomic mass is 32.2. The van der Waals surface area contributed by atoms with Gasteiger partial charge in [-0.15, -0.1) is 11.8 Å². The number of benzene rings is 1. The Morgan fingerprint density at radius 1 is 1.09 bits per heavy atom. The van der Waals surface area contributed by atoms with Crippen molar-refractivity contribution in [3.8, 4) is 5.75 Å². The third-order valence-corrected chi connectivity index (χ3v) is 11.0. The molecule has 0 radical (unpaired) electrons. The zero-order valence-electron chi connectivity index (χ0n) is 18.5. The number of thioether (sulfide) groups is 1. The molecule has 5 atom stereocenters. The van der Waals surface area contributed by atoms with Gasteiger partial charge in [-0.25, -0.2) is 0 Å². The molecule has 32 heavy (non-hydrogen) atoms. The molecule has 0 N–H and O–H groups in total. The Hall–Kier alpha value is -1.73. The van der Waals surface area contributed by atoms with Gasteiger partial charge in [-0.3, -0.25) is 14.2 Å². The van der Waals surface area contributed by atoms with E-state index >= 15 is 0 Å². The fourth-order valence-corrected chi connectivity index (χ4v) is 9.80. The quantitative estimate of drug-likeness (QED) is 0.656. The molecule has 1 amide bonds. The van der Waals surface area contributed by atoms with Crippen molar-refractivity contribution in [3.05, 3.63) is 44.4 Å². The number of hydrogen-bond acceptors (Lipinski definition) is 5. The van der Waals surface area contributed by atoms with Gasteiger partial charge in [0.1, 0.15) is 12.3 Å². The number of likely N-dealkylation sites (tertiary alicyclic amines) is 1. The summed E-state index contributed by atoms with van der Waals surface area (Å²) in [4.78, 5) is 29.4. The number of methoxy groups -OCH3 is 1. The smallest absolute Gasteiger partial charge is 0.308 e. The molecule has 5 nitrogen and oxygen atoms in total. The molecule has 3 fully saturated rings. The van der Waals surface area contributed by atoms with E-state index in [0.717, 1.165) is 48.5 Å². The maximum Gasteiger partial charge on any atom is 0.308 e. The topological polar surface area (TPSA) is 51.5 Å². The minimum atomic E-state index is 0.0266. The first-order valence-corrected chi connectivity index (χ1v) is 13.7. The molecule has 2 bridgehead atoms. The number of aromatic nitrogens is 1. The van der Waals surface area contributed by atoms with Crippen molar-refractivity contribution in [1.82, 2.24) is 9.47 Å². The van der Waals surface area contributed by atoms with E-state index in [2.05, 4.69) is 12.1 Å². The molecule has 2 aromatic rings. The summed E-state index contributed by atoms with van der Waals surface area (Å²) in [5.41, 5.74) is 1.28. The third-order valence-electron chi connectivity index (χ3n) is 8.17. The van der Waals surface area contributed by atoms with Crippen LogP contribution in [0.5, 0.6) is 5.75 Å². The number of carbonyl (C=O) groups is 1. The Bertz CT molecular complexity index is 1070. The lowest BCUT2D eigenvalue weighted by Crippen LogP contribution is -2.39. The van der Waals surface area contributed by atoms with Crippen molar-refractivity contribution in [1.29, 1.82) is 0 Å². The summed E-state index contributed by atoms with van der Waals surface area (Å²) in [7, 11) is 1.70. The van der Waals surface area contributed by atoms with Gasteiger partial charge in [0.05, 0.1) is 12.1 Å². The lowest BCUT2D eigenvalue weighted by Gasteiger charge is -2.40. The molecule has 2 aliphatic heterocycles. The van der Waals surface area contributed by atoms with Gasteiger partial charge in [-0.1, -0.05) is 23.5 Å². The Morgan fingerprint density at radius 2 is 1.84 bits per heavy atom. The first-order chi connectivity index (χ1) is 15.6. The van der Waals surface area contributed by atoms with Crippen LogP contribution < -0.4 is 9.61 Å². The van der Waals surface area contributed by atoms with Crippen molar-refractivity contribution < 1.29 is 9.53 Å². The molecule has 170 valence electrons. The summed E-state index contributed by atoms with van der Waals surface area (Å²) in [6.45, 7) is 1.85. The summed E-state index contributed by atoms with van der Waals surface area (Å²) in [6, 6.07) is 8.44. The molecular weight excluding hydrogens is 440 g/mol. The number of piperidine rings is 1. The van der Waals surface area contributed by atoms with Gasteiger partial charge < -0.3 is 9.64 Å². The van der Waals surface area contributed by atoms with Crippen molar-refractivity contribution >= 4 is 29.0 Å². The van der Waals surface area contributed by atoms with Crippen LogP contribution in [0.4, 0.5) is 0 Å². The van der Waals surface area contributed by atoms with Gasteiger partial charge >= 0.3 is 4.87 Å². The molecule has 3 heterocycles. The summed E-state index contributed by atoms with van der Waals surface area (Å²) in [6.07, 6.45) is 7.29. The molecule has 2 aliphatic carbocycles. The van der Waals surface area contributed by atoms with Crippen LogP contribution in [-0.2, 0) is 11.3 Å². The van der Waals surface area contributed by atoms with Gasteiger partial charge in [-0.2, -0.15) is 0 Å². The van der Waals surface area contributed by atoms with E-state index in [-0.39, 0.29) is 23.2 Å². The molecule has 1 saturated heterocycles. The molecule has 2 saturated carbocycles. The normalized spacial score (nSPS) is 30.8. The predicted octanol–water partition coefficient (Wildman–Crippen LogP) is 4.58. The molecule has 7 heteroatoms. The Morgan fingerprint density at radius 3 is 2.59 bits per heavy atom. The lowest BCUT2D eigenvalue weighted by molar-refractivity contribution is -0.132. The predicted molar refractivity (Wildman–Crippen MR) is 128 cm³/mol. The van der Waals surface area contributed by atoms with Crippen LogP contribution in [0, 0.1) is 17.8 Å². The maximum atomic E-state index is 13.2. The zero-order valence-corrected chi connectivity index (χ0v) is 20.1. The highest BCUT2D eigenvalue weighted by Gasteiger charge is 2.55. The molecule has 1 aromatic heterocycles. The highest BCUT2D eigenvalue weighted by molar-refractivity contribution is 8.00. The zero-order chi connectivity index (χ0) is 21.8. The fraction of sp³-hybridized carbons (Fsp3) is 0.600. The van der Waals surface area contributed by atoms with Gasteiger partial charge in [0, 0.05) is 29.1 Å². The average Bonchev–Trinajstić information content (AvgIpc) is 3.53. The van der Waals surface area contributed by atoms with E-state index in [9.17, 15) is 9.59 Å². The van der Waals surface area contributed by atoms with E-state index in [0.29, 0.717) is 11.2 Å². The summed E-state index contributed by atoms with van der Waals surface area (Å²) < 4.78 is 7.19. The van der Waals surface area contributed by atoms with Crippen LogP contribution in [0.15, 0.2) is 34.1 Å². The Labute approximate surface area is 197 Å². The maximum absolute atomic E-state index is 13.2. The second-order valence-corrected chi connectivity index (χ2v) is 12.0. The van der Waals surface area contributed by atoms with E-state index < -0.39 is 0 Å². The van der Waals surface area contributed by atoms with E-state index in [1.54, 1.807) is 11.7 Å². The largest absolute Gasteiger partial charge is 0.497 e. The molecule has 1 aromatic carbocycles. The van der Waals surface area contributed by atoms with Crippen LogP contribution in [0.25, 0.3) is 0 Å². The van der Waals surface area contributed by atoms with Crippen LogP contribution in [-0.4, -0.2) is 40.8 Å². The monoisotopic (exact) mass is 470 g/mol. The summed E-state index contributed by atoms with van der Waals surface area (Å²) >= 11 is 3.29. The minimum absolute atomic E-state index is 0.0266. The molecule has 5 unspecified atom stereocenters. The number of ether oxygens (including phenoxy) is 1. The van der Waals surface area contributed by atoms with Crippen molar-refractivity contribution in [2.45, 2.75) is 61.3 Å². The number of nitrogens with zero attached hydrogens (tertiary/aromatic N) is 2. The number of rotatable bonds is 4. The van der Waals surface area contributed by atoms with Crippen LogP contribution in [0.3, 0.4) is 0 Å². The Balaban J connectivity index is 1.39. The van der Waals surface area contributed by atoms with Crippen molar-refractivity contribution in [3.63, 3.8) is 0 Å². The second-order valence-electron chi connectivity index (χ2n) is 9.81. The first kappa shape index (κ1) is 20.8. The van der Waals surface area contributed by atoms with Gasteiger partial charge in [0.25, 0.3) is 0 Å². The molecule has 6 rings (SSSR count). The Kier molecular flexibility index (Phi) is 5.37. The first-order valence-electron chi connectivity index (χ1n) is 12.0. The standard InChI is InChI=1S/C25H30N2O3S2/c1-30-18-9-7-15(8-10-18)20-21-16-5-6-17(13-16)22(21)31-24-23(20)32-25(29)27(24)14-19(28)26-11-3-2-4-12-26/h7-10,16-17,20-22H,2-6,11-14H2,1H3.